The Balaban J connectivity index is 4.33. The molecule has 3 nitrogen and oxygen atoms in total. The fourth-order valence-electron chi connectivity index (χ4n) is 0.792. The second kappa shape index (κ2) is 4.70. The van der Waals surface area contributed by atoms with Crippen LogP contribution in [0.3, 0.4) is 0 Å². The first-order valence-electron chi connectivity index (χ1n) is 3.84. The molecule has 0 aliphatic carbocycles. The van der Waals surface area contributed by atoms with Gasteiger partial charge in [-0.15, -0.1) is 0 Å². The van der Waals surface area contributed by atoms with Gasteiger partial charge in [0.2, 0.25) is 0 Å². The van der Waals surface area contributed by atoms with Gasteiger partial charge in [0, 0.05) is 13.3 Å². The molecule has 0 N–H and O–H groups in total. The summed E-state index contributed by atoms with van der Waals surface area (Å²) in [4.78, 5) is 21.7. The Kier molecular flexibility index (Phi) is 4.26. The van der Waals surface area contributed by atoms with E-state index in [1.54, 1.807) is 13.8 Å². The molecule has 1 atom stereocenters. The first-order valence-corrected chi connectivity index (χ1v) is 3.84. The first kappa shape index (κ1) is 10.9. The predicted octanol–water partition coefficient (Wildman–Crippen LogP) is 1.47. The molecule has 0 aliphatic heterocycles. The summed E-state index contributed by atoms with van der Waals surface area (Å²) in [6.07, 6.45) is -0.405. The third-order valence-electron chi connectivity index (χ3n) is 1.37. The molecule has 0 aromatic heterocycles. The standard InChI is InChI=1S/C9H14O3/c1-5-8(11)9(6(2)3)12-7(4)10/h9H,2,5H2,1,3-4H3. The van der Waals surface area contributed by atoms with E-state index in [2.05, 4.69) is 6.58 Å². The minimum Gasteiger partial charge on any atom is -0.450 e. The summed E-state index contributed by atoms with van der Waals surface area (Å²) in [6, 6.07) is 0. The summed E-state index contributed by atoms with van der Waals surface area (Å²) < 4.78 is 4.78. The molecule has 0 spiro atoms. The van der Waals surface area contributed by atoms with Crippen LogP contribution in [0.1, 0.15) is 27.2 Å². The summed E-state index contributed by atoms with van der Waals surface area (Å²) >= 11 is 0. The van der Waals surface area contributed by atoms with Gasteiger partial charge in [-0.3, -0.25) is 9.59 Å². The van der Waals surface area contributed by atoms with E-state index in [-0.39, 0.29) is 5.78 Å². The Morgan fingerprint density at radius 2 is 1.92 bits per heavy atom. The summed E-state index contributed by atoms with van der Waals surface area (Å²) in [6.45, 7) is 8.25. The molecule has 0 aromatic carbocycles. The van der Waals surface area contributed by atoms with E-state index in [1.807, 2.05) is 0 Å². The van der Waals surface area contributed by atoms with Crippen LogP contribution in [-0.2, 0) is 14.3 Å². The average Bonchev–Trinajstić information content (AvgIpc) is 1.98. The van der Waals surface area contributed by atoms with Gasteiger partial charge in [0.05, 0.1) is 0 Å². The van der Waals surface area contributed by atoms with Crippen molar-refractivity contribution in [2.24, 2.45) is 0 Å². The van der Waals surface area contributed by atoms with Crippen LogP contribution in [0, 0.1) is 0 Å². The minimum absolute atomic E-state index is 0.113. The summed E-state index contributed by atoms with van der Waals surface area (Å²) in [7, 11) is 0. The second-order valence-corrected chi connectivity index (χ2v) is 2.66. The van der Waals surface area contributed by atoms with Crippen molar-refractivity contribution in [2.75, 3.05) is 0 Å². The van der Waals surface area contributed by atoms with Gasteiger partial charge >= 0.3 is 5.97 Å². The molecule has 0 rings (SSSR count). The van der Waals surface area contributed by atoms with Gasteiger partial charge in [0.25, 0.3) is 0 Å². The molecule has 0 aromatic rings. The maximum absolute atomic E-state index is 11.2. The van der Waals surface area contributed by atoms with Crippen molar-refractivity contribution in [2.45, 2.75) is 33.3 Å². The Morgan fingerprint density at radius 1 is 1.42 bits per heavy atom. The fourth-order valence-corrected chi connectivity index (χ4v) is 0.792. The zero-order valence-corrected chi connectivity index (χ0v) is 7.72. The molecular weight excluding hydrogens is 156 g/mol. The van der Waals surface area contributed by atoms with E-state index in [1.165, 1.54) is 6.92 Å². The number of rotatable bonds is 4. The molecule has 0 fully saturated rings. The van der Waals surface area contributed by atoms with Gasteiger partial charge in [-0.2, -0.15) is 0 Å². The first-order chi connectivity index (χ1) is 5.49. The van der Waals surface area contributed by atoms with E-state index in [0.717, 1.165) is 0 Å². The lowest BCUT2D eigenvalue weighted by Gasteiger charge is -2.14. The molecular formula is C9H14O3. The lowest BCUT2D eigenvalue weighted by molar-refractivity contribution is -0.150. The van der Waals surface area contributed by atoms with Crippen molar-refractivity contribution in [1.29, 1.82) is 0 Å². The molecule has 68 valence electrons. The SMILES string of the molecule is C=C(C)C(OC(C)=O)C(=O)CC. The van der Waals surface area contributed by atoms with E-state index >= 15 is 0 Å². The number of esters is 1. The van der Waals surface area contributed by atoms with Crippen LogP contribution in [-0.4, -0.2) is 17.9 Å². The average molecular weight is 170 g/mol. The number of carbonyl (C=O) groups excluding carboxylic acids is 2. The molecule has 0 saturated heterocycles. The molecule has 3 heteroatoms. The topological polar surface area (TPSA) is 43.4 Å². The Morgan fingerprint density at radius 3 is 2.17 bits per heavy atom. The van der Waals surface area contributed by atoms with Gasteiger partial charge in [-0.1, -0.05) is 13.5 Å². The van der Waals surface area contributed by atoms with Gasteiger partial charge in [-0.05, 0) is 12.5 Å². The highest BCUT2D eigenvalue weighted by Gasteiger charge is 2.19. The van der Waals surface area contributed by atoms with E-state index in [9.17, 15) is 9.59 Å². The lowest BCUT2D eigenvalue weighted by Crippen LogP contribution is -2.26. The highest BCUT2D eigenvalue weighted by Crippen LogP contribution is 2.07. The summed E-state index contributed by atoms with van der Waals surface area (Å²) in [5, 5.41) is 0. The van der Waals surface area contributed by atoms with Crippen LogP contribution in [0.4, 0.5) is 0 Å². The molecule has 0 amide bonds. The molecule has 1 unspecified atom stereocenters. The molecule has 0 radical (unpaired) electrons. The zero-order chi connectivity index (χ0) is 9.72. The van der Waals surface area contributed by atoms with Crippen molar-refractivity contribution < 1.29 is 14.3 Å². The smallest absolute Gasteiger partial charge is 0.303 e. The van der Waals surface area contributed by atoms with Crippen LogP contribution < -0.4 is 0 Å². The molecule has 0 aliphatic rings. The Bertz CT molecular complexity index is 206. The van der Waals surface area contributed by atoms with Gasteiger partial charge in [0.1, 0.15) is 0 Å². The van der Waals surface area contributed by atoms with E-state index < -0.39 is 12.1 Å². The normalized spacial score (nSPS) is 11.9. The zero-order valence-electron chi connectivity index (χ0n) is 7.72. The maximum Gasteiger partial charge on any atom is 0.303 e. The molecule has 0 heterocycles. The Labute approximate surface area is 72.4 Å². The van der Waals surface area contributed by atoms with Crippen molar-refractivity contribution in [3.63, 3.8) is 0 Å². The minimum atomic E-state index is -0.757. The van der Waals surface area contributed by atoms with Gasteiger partial charge < -0.3 is 4.74 Å². The highest BCUT2D eigenvalue weighted by molar-refractivity contribution is 5.87. The number of ether oxygens (including phenoxy) is 1. The molecule has 12 heavy (non-hydrogen) atoms. The summed E-state index contributed by atoms with van der Waals surface area (Å²) in [5.74, 6) is -0.567. The van der Waals surface area contributed by atoms with Crippen molar-refractivity contribution in [3.8, 4) is 0 Å². The molecule has 0 bridgehead atoms. The number of carbonyl (C=O) groups is 2. The van der Waals surface area contributed by atoms with Gasteiger partial charge in [-0.25, -0.2) is 0 Å². The highest BCUT2D eigenvalue weighted by atomic mass is 16.5. The molecule has 0 saturated carbocycles. The number of hydrogen-bond donors (Lipinski definition) is 0. The third-order valence-corrected chi connectivity index (χ3v) is 1.37. The maximum atomic E-state index is 11.2. The van der Waals surface area contributed by atoms with Crippen LogP contribution >= 0.6 is 0 Å². The van der Waals surface area contributed by atoms with Gasteiger partial charge in [0.15, 0.2) is 11.9 Å². The monoisotopic (exact) mass is 170 g/mol. The number of Topliss-reactive ketones (excluding diaryl/α,β-unsaturated/α-hetero) is 1. The van der Waals surface area contributed by atoms with E-state index in [4.69, 9.17) is 4.74 Å². The number of ketones is 1. The van der Waals surface area contributed by atoms with Crippen LogP contribution in [0.25, 0.3) is 0 Å². The predicted molar refractivity (Wildman–Crippen MR) is 45.7 cm³/mol. The second-order valence-electron chi connectivity index (χ2n) is 2.66. The third kappa shape index (κ3) is 3.32. The van der Waals surface area contributed by atoms with Crippen LogP contribution in [0.2, 0.25) is 0 Å². The van der Waals surface area contributed by atoms with Crippen molar-refractivity contribution in [3.05, 3.63) is 12.2 Å². The Hall–Kier alpha value is -1.12. The van der Waals surface area contributed by atoms with E-state index in [0.29, 0.717) is 12.0 Å². The van der Waals surface area contributed by atoms with Crippen molar-refractivity contribution in [1.82, 2.24) is 0 Å². The van der Waals surface area contributed by atoms with Crippen LogP contribution in [0.5, 0.6) is 0 Å². The lowest BCUT2D eigenvalue weighted by atomic mass is 10.1. The quantitative estimate of drug-likeness (QED) is 0.474. The summed E-state index contributed by atoms with van der Waals surface area (Å²) in [5.41, 5.74) is 0.567. The van der Waals surface area contributed by atoms with Crippen LogP contribution in [0.15, 0.2) is 12.2 Å². The number of hydrogen-bond acceptors (Lipinski definition) is 3. The largest absolute Gasteiger partial charge is 0.450 e. The van der Waals surface area contributed by atoms with Crippen molar-refractivity contribution >= 4 is 11.8 Å². The fraction of sp³-hybridized carbons (Fsp3) is 0.556.